The largest absolute Gasteiger partial charge is 0.280 e. The van der Waals surface area contributed by atoms with Crippen LogP contribution in [0.25, 0.3) is 0 Å². The SMILES string of the molecule is N#CC1=C(C2=CC=CC=C=C2)C2=CN2NC1. The number of nitrogens with zero attached hydrogens (tertiary/aromatic N) is 2. The molecule has 0 unspecified atom stereocenters. The first kappa shape index (κ1) is 8.99. The first-order valence-corrected chi connectivity index (χ1v) is 5.08. The molecule has 76 valence electrons. The minimum absolute atomic E-state index is 0.588. The van der Waals surface area contributed by atoms with Crippen molar-refractivity contribution in [2.24, 2.45) is 0 Å². The zero-order chi connectivity index (χ0) is 11.0. The van der Waals surface area contributed by atoms with Crippen LogP contribution in [-0.2, 0) is 0 Å². The summed E-state index contributed by atoms with van der Waals surface area (Å²) in [5.74, 6) is 0. The summed E-state index contributed by atoms with van der Waals surface area (Å²) in [6.07, 6.45) is 11.7. The van der Waals surface area contributed by atoms with Gasteiger partial charge in [-0.05, 0) is 17.7 Å². The van der Waals surface area contributed by atoms with Gasteiger partial charge < -0.3 is 0 Å². The summed E-state index contributed by atoms with van der Waals surface area (Å²) in [7, 11) is 0. The first-order chi connectivity index (χ1) is 7.90. The Hall–Kier alpha value is -2.27. The molecule has 0 saturated heterocycles. The Kier molecular flexibility index (Phi) is 1.91. The molecule has 3 nitrogen and oxygen atoms in total. The smallest absolute Gasteiger partial charge is 0.0968 e. The van der Waals surface area contributed by atoms with Gasteiger partial charge >= 0.3 is 0 Å². The number of hydrogen-bond acceptors (Lipinski definition) is 3. The van der Waals surface area contributed by atoms with Gasteiger partial charge in [-0.15, -0.1) is 5.73 Å². The van der Waals surface area contributed by atoms with Gasteiger partial charge in [0.1, 0.15) is 0 Å². The van der Waals surface area contributed by atoms with Crippen LogP contribution in [-0.4, -0.2) is 11.6 Å². The van der Waals surface area contributed by atoms with Crippen molar-refractivity contribution < 1.29 is 0 Å². The number of nitriles is 1. The van der Waals surface area contributed by atoms with E-state index in [4.69, 9.17) is 5.26 Å². The Morgan fingerprint density at radius 1 is 1.44 bits per heavy atom. The van der Waals surface area contributed by atoms with E-state index in [-0.39, 0.29) is 0 Å². The summed E-state index contributed by atoms with van der Waals surface area (Å²) in [5.41, 5.74) is 10.1. The number of fused-ring (bicyclic) bond motifs is 1. The highest BCUT2D eigenvalue weighted by Gasteiger charge is 2.32. The molecule has 0 aromatic carbocycles. The van der Waals surface area contributed by atoms with E-state index < -0.39 is 0 Å². The predicted octanol–water partition coefficient (Wildman–Crippen LogP) is 1.69. The van der Waals surface area contributed by atoms with Gasteiger partial charge in [0.15, 0.2) is 0 Å². The maximum absolute atomic E-state index is 9.12. The van der Waals surface area contributed by atoms with Crippen LogP contribution in [0.1, 0.15) is 0 Å². The fourth-order valence-corrected chi connectivity index (χ4v) is 1.85. The lowest BCUT2D eigenvalue weighted by Gasteiger charge is -2.18. The van der Waals surface area contributed by atoms with Gasteiger partial charge in [-0.3, -0.25) is 5.01 Å². The van der Waals surface area contributed by atoms with E-state index in [9.17, 15) is 0 Å². The van der Waals surface area contributed by atoms with Gasteiger partial charge in [0.25, 0.3) is 0 Å². The highest BCUT2D eigenvalue weighted by molar-refractivity contribution is 5.63. The molecule has 0 aromatic rings. The molecule has 0 bridgehead atoms. The fraction of sp³-hybridized carbons (Fsp3) is 0.0769. The minimum atomic E-state index is 0.588. The van der Waals surface area contributed by atoms with E-state index in [0.29, 0.717) is 6.54 Å². The molecule has 3 heteroatoms. The van der Waals surface area contributed by atoms with Crippen LogP contribution < -0.4 is 5.43 Å². The molecular weight excluding hydrogens is 198 g/mol. The third-order valence-corrected chi connectivity index (χ3v) is 2.67. The Morgan fingerprint density at radius 2 is 2.38 bits per heavy atom. The number of hydrazine groups is 1. The molecule has 2 aliphatic heterocycles. The lowest BCUT2D eigenvalue weighted by Crippen LogP contribution is -2.29. The average molecular weight is 207 g/mol. The molecule has 0 spiro atoms. The van der Waals surface area contributed by atoms with Crippen molar-refractivity contribution in [1.29, 1.82) is 5.26 Å². The van der Waals surface area contributed by atoms with Crippen LogP contribution in [0, 0.1) is 11.3 Å². The van der Waals surface area contributed by atoms with E-state index in [1.807, 2.05) is 41.6 Å². The van der Waals surface area contributed by atoms with Crippen LogP contribution in [0.5, 0.6) is 0 Å². The molecule has 0 radical (unpaired) electrons. The summed E-state index contributed by atoms with van der Waals surface area (Å²) in [4.78, 5) is 0. The van der Waals surface area contributed by atoms with Crippen LogP contribution in [0.2, 0.25) is 0 Å². The number of hydrogen-bond donors (Lipinski definition) is 1. The van der Waals surface area contributed by atoms with Crippen molar-refractivity contribution >= 4 is 0 Å². The van der Waals surface area contributed by atoms with Crippen LogP contribution in [0.15, 0.2) is 64.7 Å². The Morgan fingerprint density at radius 3 is 3.25 bits per heavy atom. The van der Waals surface area contributed by atoms with E-state index in [2.05, 4.69) is 17.2 Å². The zero-order valence-corrected chi connectivity index (χ0v) is 8.57. The van der Waals surface area contributed by atoms with Crippen molar-refractivity contribution in [1.82, 2.24) is 10.4 Å². The quantitative estimate of drug-likeness (QED) is 0.665. The zero-order valence-electron chi connectivity index (χ0n) is 8.57. The molecule has 0 amide bonds. The molecule has 0 saturated carbocycles. The predicted molar refractivity (Wildman–Crippen MR) is 60.4 cm³/mol. The third kappa shape index (κ3) is 1.34. The fourth-order valence-electron chi connectivity index (χ4n) is 1.85. The Labute approximate surface area is 93.6 Å². The van der Waals surface area contributed by atoms with Crippen LogP contribution in [0.4, 0.5) is 0 Å². The molecule has 3 aliphatic rings. The third-order valence-electron chi connectivity index (χ3n) is 2.67. The summed E-state index contributed by atoms with van der Waals surface area (Å²) >= 11 is 0. The molecule has 16 heavy (non-hydrogen) atoms. The molecular formula is C13H9N3. The van der Waals surface area contributed by atoms with E-state index in [1.165, 1.54) is 0 Å². The van der Waals surface area contributed by atoms with E-state index in [0.717, 1.165) is 22.4 Å². The Balaban J connectivity index is 2.11. The van der Waals surface area contributed by atoms with Gasteiger partial charge in [0.05, 0.1) is 23.9 Å². The molecule has 0 aromatic heterocycles. The number of rotatable bonds is 1. The summed E-state index contributed by atoms with van der Waals surface area (Å²) in [6, 6.07) is 2.26. The van der Waals surface area contributed by atoms with E-state index >= 15 is 0 Å². The van der Waals surface area contributed by atoms with E-state index in [1.54, 1.807) is 0 Å². The van der Waals surface area contributed by atoms with Crippen molar-refractivity contribution in [2.75, 3.05) is 6.54 Å². The second-order valence-electron chi connectivity index (χ2n) is 3.67. The maximum Gasteiger partial charge on any atom is 0.0968 e. The van der Waals surface area contributed by atoms with Gasteiger partial charge in [-0.1, -0.05) is 18.2 Å². The lowest BCUT2D eigenvalue weighted by molar-refractivity contribution is 0.434. The highest BCUT2D eigenvalue weighted by Crippen LogP contribution is 2.37. The van der Waals surface area contributed by atoms with Crippen molar-refractivity contribution in [3.05, 3.63) is 64.7 Å². The average Bonchev–Trinajstić information content (AvgIpc) is 3.11. The molecule has 2 heterocycles. The van der Waals surface area contributed by atoms with Crippen molar-refractivity contribution in [3.8, 4) is 6.07 Å². The second kappa shape index (κ2) is 3.39. The molecule has 1 aliphatic carbocycles. The van der Waals surface area contributed by atoms with Gasteiger partial charge in [-0.25, -0.2) is 5.43 Å². The van der Waals surface area contributed by atoms with Gasteiger partial charge in [-0.2, -0.15) is 5.26 Å². The molecule has 3 rings (SSSR count). The van der Waals surface area contributed by atoms with Crippen molar-refractivity contribution in [2.45, 2.75) is 0 Å². The van der Waals surface area contributed by atoms with Gasteiger partial charge in [0, 0.05) is 11.8 Å². The summed E-state index contributed by atoms with van der Waals surface area (Å²) < 4.78 is 0. The highest BCUT2D eigenvalue weighted by atomic mass is 15.6. The summed E-state index contributed by atoms with van der Waals surface area (Å²) in [6.45, 7) is 0.588. The van der Waals surface area contributed by atoms with Crippen LogP contribution in [0.3, 0.4) is 0 Å². The van der Waals surface area contributed by atoms with Gasteiger partial charge in [0.2, 0.25) is 0 Å². The molecule has 0 atom stereocenters. The lowest BCUT2D eigenvalue weighted by atomic mass is 9.98. The summed E-state index contributed by atoms with van der Waals surface area (Å²) in [5, 5.41) is 11.1. The molecule has 1 N–H and O–H groups in total. The molecule has 0 fully saturated rings. The maximum atomic E-state index is 9.12. The first-order valence-electron chi connectivity index (χ1n) is 5.08. The monoisotopic (exact) mass is 207 g/mol. The number of allylic oxidation sites excluding steroid dienone is 5. The van der Waals surface area contributed by atoms with Crippen LogP contribution >= 0.6 is 0 Å². The topological polar surface area (TPSA) is 38.8 Å². The normalized spacial score (nSPS) is 21.1. The second-order valence-corrected chi connectivity index (χ2v) is 3.67. The minimum Gasteiger partial charge on any atom is -0.280 e. The Bertz CT molecular complexity index is 573. The standard InChI is InChI=1S/C13H9N3/c14-7-11-8-15-16-9-12(16)13(11)10-5-3-1-2-4-6-10/h1-3,5-6,9,15H,8H2. The van der Waals surface area contributed by atoms with Crippen molar-refractivity contribution in [3.63, 3.8) is 0 Å². The number of nitrogens with one attached hydrogen (secondary N) is 1.